The molecule has 1 rings (SSSR count). The fraction of sp³-hybridized carbons (Fsp3) is 0.571. The van der Waals surface area contributed by atoms with Crippen molar-refractivity contribution in [3.8, 4) is 0 Å². The summed E-state index contributed by atoms with van der Waals surface area (Å²) < 4.78 is 39.0. The molecule has 0 fully saturated rings. The topological polar surface area (TPSA) is 32.3 Å². The molecule has 5 heteroatoms. The van der Waals surface area contributed by atoms with E-state index >= 15 is 0 Å². The highest BCUT2D eigenvalue weighted by Crippen LogP contribution is 2.19. The molecule has 0 saturated heterocycles. The summed E-state index contributed by atoms with van der Waals surface area (Å²) in [7, 11) is 0. The number of aliphatic hydroxyl groups excluding tert-OH is 1. The SMILES string of the molecule is CC(C)CC(O)CNC(C)c1cc(F)c(F)c(F)c1. The highest BCUT2D eigenvalue weighted by atomic mass is 19.2. The Labute approximate surface area is 111 Å². The number of hydrogen-bond donors (Lipinski definition) is 2. The van der Waals surface area contributed by atoms with Gasteiger partial charge in [-0.05, 0) is 37.0 Å². The normalized spacial score (nSPS) is 14.7. The number of nitrogens with one attached hydrogen (secondary N) is 1. The predicted molar refractivity (Wildman–Crippen MR) is 68.2 cm³/mol. The van der Waals surface area contributed by atoms with Gasteiger partial charge in [0.2, 0.25) is 0 Å². The van der Waals surface area contributed by atoms with Crippen LogP contribution >= 0.6 is 0 Å². The third-order valence-corrected chi connectivity index (χ3v) is 2.91. The summed E-state index contributed by atoms with van der Waals surface area (Å²) in [5.41, 5.74) is 0.313. The highest BCUT2D eigenvalue weighted by molar-refractivity contribution is 5.22. The lowest BCUT2D eigenvalue weighted by atomic mass is 10.0. The van der Waals surface area contributed by atoms with E-state index in [1.165, 1.54) is 0 Å². The van der Waals surface area contributed by atoms with E-state index in [9.17, 15) is 18.3 Å². The molecule has 0 saturated carbocycles. The fourth-order valence-corrected chi connectivity index (χ4v) is 1.88. The van der Waals surface area contributed by atoms with Crippen LogP contribution in [-0.2, 0) is 0 Å². The van der Waals surface area contributed by atoms with E-state index in [-0.39, 0.29) is 6.04 Å². The van der Waals surface area contributed by atoms with E-state index in [0.717, 1.165) is 12.1 Å². The minimum atomic E-state index is -1.46. The van der Waals surface area contributed by atoms with Crippen molar-refractivity contribution >= 4 is 0 Å². The van der Waals surface area contributed by atoms with E-state index in [1.807, 2.05) is 13.8 Å². The monoisotopic (exact) mass is 275 g/mol. The van der Waals surface area contributed by atoms with Crippen LogP contribution in [0.15, 0.2) is 12.1 Å². The van der Waals surface area contributed by atoms with Crippen LogP contribution in [0.1, 0.15) is 38.8 Å². The van der Waals surface area contributed by atoms with E-state index in [1.54, 1.807) is 6.92 Å². The Kier molecular flexibility index (Phi) is 5.82. The third kappa shape index (κ3) is 4.84. The van der Waals surface area contributed by atoms with Crippen LogP contribution in [-0.4, -0.2) is 17.8 Å². The number of hydrogen-bond acceptors (Lipinski definition) is 2. The lowest BCUT2D eigenvalue weighted by molar-refractivity contribution is 0.143. The second-order valence-electron chi connectivity index (χ2n) is 5.21. The average molecular weight is 275 g/mol. The van der Waals surface area contributed by atoms with E-state index < -0.39 is 23.6 Å². The molecule has 1 aromatic rings. The van der Waals surface area contributed by atoms with Gasteiger partial charge in [0.15, 0.2) is 17.5 Å². The molecular weight excluding hydrogens is 255 g/mol. The van der Waals surface area contributed by atoms with Crippen LogP contribution in [0.5, 0.6) is 0 Å². The summed E-state index contributed by atoms with van der Waals surface area (Å²) in [5, 5.41) is 12.7. The van der Waals surface area contributed by atoms with Crippen molar-refractivity contribution in [3.05, 3.63) is 35.1 Å². The maximum Gasteiger partial charge on any atom is 0.194 e. The molecule has 2 atom stereocenters. The molecule has 0 heterocycles. The van der Waals surface area contributed by atoms with Crippen molar-refractivity contribution in [3.63, 3.8) is 0 Å². The van der Waals surface area contributed by atoms with Crippen molar-refractivity contribution in [1.82, 2.24) is 5.32 Å². The van der Waals surface area contributed by atoms with Gasteiger partial charge in [-0.2, -0.15) is 0 Å². The molecule has 2 unspecified atom stereocenters. The van der Waals surface area contributed by atoms with Crippen molar-refractivity contribution < 1.29 is 18.3 Å². The summed E-state index contributed by atoms with van der Waals surface area (Å²) >= 11 is 0. The quantitative estimate of drug-likeness (QED) is 0.782. The van der Waals surface area contributed by atoms with E-state index in [2.05, 4.69) is 5.32 Å². The maximum absolute atomic E-state index is 13.1. The molecule has 0 aromatic heterocycles. The lowest BCUT2D eigenvalue weighted by Crippen LogP contribution is -2.30. The molecule has 0 bridgehead atoms. The molecule has 0 aliphatic rings. The summed E-state index contributed by atoms with van der Waals surface area (Å²) in [6.07, 6.45) is 0.129. The highest BCUT2D eigenvalue weighted by Gasteiger charge is 2.15. The molecule has 0 aliphatic carbocycles. The summed E-state index contributed by atoms with van der Waals surface area (Å²) in [4.78, 5) is 0. The Morgan fingerprint density at radius 1 is 1.11 bits per heavy atom. The minimum Gasteiger partial charge on any atom is -0.392 e. The van der Waals surface area contributed by atoms with Gasteiger partial charge in [0.25, 0.3) is 0 Å². The van der Waals surface area contributed by atoms with Crippen LogP contribution < -0.4 is 5.32 Å². The Hall–Kier alpha value is -1.07. The van der Waals surface area contributed by atoms with Gasteiger partial charge in [-0.1, -0.05) is 13.8 Å². The third-order valence-electron chi connectivity index (χ3n) is 2.91. The first-order valence-electron chi connectivity index (χ1n) is 6.37. The molecular formula is C14H20F3NO. The average Bonchev–Trinajstić information content (AvgIpc) is 2.31. The summed E-state index contributed by atoms with van der Waals surface area (Å²) in [6.45, 7) is 6.02. The Morgan fingerprint density at radius 2 is 1.63 bits per heavy atom. The van der Waals surface area contributed by atoms with Crippen LogP contribution in [0, 0.1) is 23.4 Å². The fourth-order valence-electron chi connectivity index (χ4n) is 1.88. The van der Waals surface area contributed by atoms with E-state index in [4.69, 9.17) is 0 Å². The Bertz CT molecular complexity index is 400. The molecule has 0 radical (unpaired) electrons. The molecule has 2 nitrogen and oxygen atoms in total. The van der Waals surface area contributed by atoms with Crippen LogP contribution in [0.2, 0.25) is 0 Å². The molecule has 2 N–H and O–H groups in total. The van der Waals surface area contributed by atoms with Gasteiger partial charge >= 0.3 is 0 Å². The number of aliphatic hydroxyl groups is 1. The van der Waals surface area contributed by atoms with Gasteiger partial charge in [0, 0.05) is 12.6 Å². The standard InChI is InChI=1S/C14H20F3NO/c1-8(2)4-11(19)7-18-9(3)10-5-12(15)14(17)13(16)6-10/h5-6,8-9,11,18-19H,4,7H2,1-3H3. The van der Waals surface area contributed by atoms with Gasteiger partial charge in [0.05, 0.1) is 6.10 Å². The zero-order valence-corrected chi connectivity index (χ0v) is 11.4. The first-order valence-corrected chi connectivity index (χ1v) is 6.37. The van der Waals surface area contributed by atoms with Crippen molar-refractivity contribution in [2.75, 3.05) is 6.54 Å². The first kappa shape index (κ1) is 16.0. The zero-order chi connectivity index (χ0) is 14.6. The van der Waals surface area contributed by atoms with Gasteiger partial charge < -0.3 is 10.4 Å². The summed E-state index contributed by atoms with van der Waals surface area (Å²) in [6, 6.07) is 1.56. The smallest absolute Gasteiger partial charge is 0.194 e. The molecule has 0 aliphatic heterocycles. The Balaban J connectivity index is 2.61. The largest absolute Gasteiger partial charge is 0.392 e. The van der Waals surface area contributed by atoms with Gasteiger partial charge in [-0.15, -0.1) is 0 Å². The molecule has 19 heavy (non-hydrogen) atoms. The molecule has 1 aromatic carbocycles. The number of benzene rings is 1. The van der Waals surface area contributed by atoms with Gasteiger partial charge in [-0.25, -0.2) is 13.2 Å². The second-order valence-corrected chi connectivity index (χ2v) is 5.21. The van der Waals surface area contributed by atoms with Crippen LogP contribution in [0.4, 0.5) is 13.2 Å². The van der Waals surface area contributed by atoms with Crippen LogP contribution in [0.25, 0.3) is 0 Å². The van der Waals surface area contributed by atoms with Gasteiger partial charge in [-0.3, -0.25) is 0 Å². The van der Waals surface area contributed by atoms with Crippen molar-refractivity contribution in [2.45, 2.75) is 39.3 Å². The minimum absolute atomic E-state index is 0.313. The molecule has 108 valence electrons. The number of halogens is 3. The number of rotatable bonds is 6. The second kappa shape index (κ2) is 6.91. The van der Waals surface area contributed by atoms with E-state index in [0.29, 0.717) is 24.4 Å². The Morgan fingerprint density at radius 3 is 2.11 bits per heavy atom. The first-order chi connectivity index (χ1) is 8.81. The molecule has 0 amide bonds. The summed E-state index contributed by atoms with van der Waals surface area (Å²) in [5.74, 6) is -3.50. The van der Waals surface area contributed by atoms with Crippen molar-refractivity contribution in [1.29, 1.82) is 0 Å². The maximum atomic E-state index is 13.1. The van der Waals surface area contributed by atoms with Gasteiger partial charge in [0.1, 0.15) is 0 Å². The zero-order valence-electron chi connectivity index (χ0n) is 11.4. The molecule has 0 spiro atoms. The predicted octanol–water partition coefficient (Wildman–Crippen LogP) is 3.16. The van der Waals surface area contributed by atoms with Crippen molar-refractivity contribution in [2.24, 2.45) is 5.92 Å². The lowest BCUT2D eigenvalue weighted by Gasteiger charge is -2.19. The van der Waals surface area contributed by atoms with Crippen LogP contribution in [0.3, 0.4) is 0 Å².